The number of hydrogen-bond acceptors (Lipinski definition) is 3. The highest BCUT2D eigenvalue weighted by Crippen LogP contribution is 2.22. The molecule has 0 bridgehead atoms. The van der Waals surface area contributed by atoms with Gasteiger partial charge in [-0.05, 0) is 25.0 Å². The van der Waals surface area contributed by atoms with Gasteiger partial charge < -0.3 is 0 Å². The van der Waals surface area contributed by atoms with Crippen LogP contribution in [0.5, 0.6) is 0 Å². The molecular formula is C10H16N2O2S. The molecule has 84 valence electrons. The number of aromatic nitrogens is 1. The maximum absolute atomic E-state index is 11.4. The molecule has 0 amide bonds. The fourth-order valence-electron chi connectivity index (χ4n) is 1.32. The summed E-state index contributed by atoms with van der Waals surface area (Å²) in [6.45, 7) is 3.82. The van der Waals surface area contributed by atoms with Crippen LogP contribution in [-0.2, 0) is 16.4 Å². The van der Waals surface area contributed by atoms with E-state index < -0.39 is 10.0 Å². The van der Waals surface area contributed by atoms with Crippen molar-refractivity contribution in [1.29, 1.82) is 0 Å². The zero-order chi connectivity index (χ0) is 11.6. The van der Waals surface area contributed by atoms with Crippen molar-refractivity contribution in [2.75, 3.05) is 17.6 Å². The third-order valence-corrected chi connectivity index (χ3v) is 3.51. The molecule has 0 aliphatic heterocycles. The van der Waals surface area contributed by atoms with Gasteiger partial charge in [0.05, 0.1) is 11.9 Å². The Bertz CT molecular complexity index is 454. The molecule has 0 spiro atoms. The van der Waals surface area contributed by atoms with Crippen molar-refractivity contribution in [3.05, 3.63) is 23.5 Å². The molecule has 0 fully saturated rings. The molecule has 0 aliphatic carbocycles. The summed E-state index contributed by atoms with van der Waals surface area (Å²) in [7, 11) is -1.64. The van der Waals surface area contributed by atoms with E-state index in [1.807, 2.05) is 13.8 Å². The monoisotopic (exact) mass is 228 g/mol. The highest BCUT2D eigenvalue weighted by atomic mass is 32.2. The van der Waals surface area contributed by atoms with Crippen LogP contribution < -0.4 is 4.31 Å². The Morgan fingerprint density at radius 3 is 2.53 bits per heavy atom. The molecule has 1 aromatic heterocycles. The summed E-state index contributed by atoms with van der Waals surface area (Å²) in [4.78, 5) is 4.15. The molecule has 0 N–H and O–H groups in total. The largest absolute Gasteiger partial charge is 0.273 e. The number of anilines is 1. The molecule has 0 saturated carbocycles. The third kappa shape index (κ3) is 2.68. The van der Waals surface area contributed by atoms with E-state index in [-0.39, 0.29) is 0 Å². The summed E-state index contributed by atoms with van der Waals surface area (Å²) in [5.41, 5.74) is 2.47. The van der Waals surface area contributed by atoms with E-state index in [0.717, 1.165) is 17.7 Å². The third-order valence-electron chi connectivity index (χ3n) is 2.32. The first-order valence-electron chi connectivity index (χ1n) is 4.75. The molecule has 4 nitrogen and oxygen atoms in total. The van der Waals surface area contributed by atoms with Gasteiger partial charge in [0.15, 0.2) is 0 Å². The number of hydrogen-bond donors (Lipinski definition) is 0. The summed E-state index contributed by atoms with van der Waals surface area (Å²) in [6, 6.07) is 1.79. The van der Waals surface area contributed by atoms with E-state index in [2.05, 4.69) is 4.98 Å². The van der Waals surface area contributed by atoms with Gasteiger partial charge in [-0.15, -0.1) is 0 Å². The van der Waals surface area contributed by atoms with Crippen LogP contribution in [0.4, 0.5) is 5.69 Å². The fraction of sp³-hybridized carbons (Fsp3) is 0.500. The first-order chi connectivity index (χ1) is 6.86. The van der Waals surface area contributed by atoms with E-state index in [4.69, 9.17) is 0 Å². The summed E-state index contributed by atoms with van der Waals surface area (Å²) >= 11 is 0. The highest BCUT2D eigenvalue weighted by molar-refractivity contribution is 7.92. The lowest BCUT2D eigenvalue weighted by atomic mass is 10.1. The molecular weight excluding hydrogens is 212 g/mol. The van der Waals surface area contributed by atoms with Gasteiger partial charge in [0.1, 0.15) is 0 Å². The molecule has 0 radical (unpaired) electrons. The summed E-state index contributed by atoms with van der Waals surface area (Å²) < 4.78 is 24.1. The van der Waals surface area contributed by atoms with Crippen molar-refractivity contribution in [2.24, 2.45) is 0 Å². The summed E-state index contributed by atoms with van der Waals surface area (Å²) in [6.07, 6.45) is 3.69. The van der Waals surface area contributed by atoms with Crippen molar-refractivity contribution in [3.63, 3.8) is 0 Å². The normalized spacial score (nSPS) is 11.5. The Hall–Kier alpha value is -1.10. The SMILES string of the molecule is CCc1cnc(C)cc1N(C)S(C)(=O)=O. The lowest BCUT2D eigenvalue weighted by Crippen LogP contribution is -2.26. The quantitative estimate of drug-likeness (QED) is 0.784. The molecule has 15 heavy (non-hydrogen) atoms. The number of aryl methyl sites for hydroxylation is 2. The average Bonchev–Trinajstić information content (AvgIpc) is 2.15. The van der Waals surface area contributed by atoms with Crippen LogP contribution in [-0.4, -0.2) is 26.7 Å². The standard InChI is InChI=1S/C10H16N2O2S/c1-5-9-7-11-8(2)6-10(9)12(3)15(4,13)14/h6-7H,5H2,1-4H3. The highest BCUT2D eigenvalue weighted by Gasteiger charge is 2.15. The van der Waals surface area contributed by atoms with E-state index in [1.54, 1.807) is 19.3 Å². The van der Waals surface area contributed by atoms with Gasteiger partial charge in [0.25, 0.3) is 0 Å². The van der Waals surface area contributed by atoms with Crippen LogP contribution in [0, 0.1) is 6.92 Å². The number of sulfonamides is 1. The van der Waals surface area contributed by atoms with Crippen molar-refractivity contribution in [2.45, 2.75) is 20.3 Å². The van der Waals surface area contributed by atoms with Crippen molar-refractivity contribution < 1.29 is 8.42 Å². The van der Waals surface area contributed by atoms with Crippen LogP contribution in [0.3, 0.4) is 0 Å². The Labute approximate surface area is 91.0 Å². The Morgan fingerprint density at radius 2 is 2.07 bits per heavy atom. The first-order valence-corrected chi connectivity index (χ1v) is 6.60. The maximum atomic E-state index is 11.4. The van der Waals surface area contributed by atoms with Gasteiger partial charge in [-0.3, -0.25) is 9.29 Å². The molecule has 0 unspecified atom stereocenters. The number of pyridine rings is 1. The second kappa shape index (κ2) is 4.18. The molecule has 1 aromatic rings. The predicted octanol–water partition coefficient (Wildman–Crippen LogP) is 1.35. The van der Waals surface area contributed by atoms with E-state index >= 15 is 0 Å². The van der Waals surface area contributed by atoms with E-state index in [9.17, 15) is 8.42 Å². The van der Waals surface area contributed by atoms with Gasteiger partial charge in [-0.2, -0.15) is 0 Å². The fourth-order valence-corrected chi connectivity index (χ4v) is 1.85. The Balaban J connectivity index is 3.29. The molecule has 0 aromatic carbocycles. The van der Waals surface area contributed by atoms with Gasteiger partial charge in [-0.1, -0.05) is 6.92 Å². The number of nitrogens with zero attached hydrogens (tertiary/aromatic N) is 2. The molecule has 5 heteroatoms. The van der Waals surface area contributed by atoms with Crippen LogP contribution in [0.2, 0.25) is 0 Å². The first kappa shape index (κ1) is 12.0. The van der Waals surface area contributed by atoms with Gasteiger partial charge in [0.2, 0.25) is 10.0 Å². The Morgan fingerprint density at radius 1 is 1.47 bits per heavy atom. The van der Waals surface area contributed by atoms with Crippen LogP contribution in [0.25, 0.3) is 0 Å². The topological polar surface area (TPSA) is 50.3 Å². The van der Waals surface area contributed by atoms with Gasteiger partial charge >= 0.3 is 0 Å². The minimum atomic E-state index is -3.20. The zero-order valence-electron chi connectivity index (χ0n) is 9.48. The number of rotatable bonds is 3. The van der Waals surface area contributed by atoms with Crippen molar-refractivity contribution >= 4 is 15.7 Å². The predicted molar refractivity (Wildman–Crippen MR) is 61.6 cm³/mol. The maximum Gasteiger partial charge on any atom is 0.232 e. The summed E-state index contributed by atoms with van der Waals surface area (Å²) in [5, 5.41) is 0. The zero-order valence-corrected chi connectivity index (χ0v) is 10.3. The van der Waals surface area contributed by atoms with Gasteiger partial charge in [0, 0.05) is 18.9 Å². The van der Waals surface area contributed by atoms with Crippen molar-refractivity contribution in [1.82, 2.24) is 4.98 Å². The molecule has 0 aliphatic rings. The minimum Gasteiger partial charge on any atom is -0.273 e. The van der Waals surface area contributed by atoms with Crippen LogP contribution in [0.15, 0.2) is 12.3 Å². The smallest absolute Gasteiger partial charge is 0.232 e. The van der Waals surface area contributed by atoms with E-state index in [1.165, 1.54) is 10.6 Å². The molecule has 0 saturated heterocycles. The molecule has 1 rings (SSSR count). The minimum absolute atomic E-state index is 0.715. The second-order valence-electron chi connectivity index (χ2n) is 3.54. The van der Waals surface area contributed by atoms with Gasteiger partial charge in [-0.25, -0.2) is 8.42 Å². The van der Waals surface area contributed by atoms with Crippen molar-refractivity contribution in [3.8, 4) is 0 Å². The second-order valence-corrected chi connectivity index (χ2v) is 5.55. The lowest BCUT2D eigenvalue weighted by molar-refractivity contribution is 0.600. The van der Waals surface area contributed by atoms with Crippen LogP contribution >= 0.6 is 0 Å². The molecule has 0 atom stereocenters. The summed E-state index contributed by atoms with van der Waals surface area (Å²) in [5.74, 6) is 0. The van der Waals surface area contributed by atoms with Crippen LogP contribution in [0.1, 0.15) is 18.2 Å². The average molecular weight is 228 g/mol. The molecule has 1 heterocycles. The van der Waals surface area contributed by atoms with E-state index in [0.29, 0.717) is 5.69 Å². The Kier molecular flexibility index (Phi) is 3.34. The lowest BCUT2D eigenvalue weighted by Gasteiger charge is -2.19.